The maximum Gasteiger partial charge on any atom is 0.341 e. The fraction of sp³-hybridized carbons (Fsp3) is 0.154. The number of carbonyl (C=O) groups is 1. The SMILES string of the molecule is COC(=O)c1ccc(NSc2cc(C)c(Br)s2)cc1O. The average Bonchev–Trinajstić information content (AvgIpc) is 2.75. The lowest BCUT2D eigenvalue weighted by Gasteiger charge is -2.07. The van der Waals surface area contributed by atoms with Crippen molar-refractivity contribution < 1.29 is 14.6 Å². The summed E-state index contributed by atoms with van der Waals surface area (Å²) in [6.45, 7) is 2.03. The number of methoxy groups -OCH3 is 1. The van der Waals surface area contributed by atoms with E-state index in [1.54, 1.807) is 17.4 Å². The number of aromatic hydroxyl groups is 1. The summed E-state index contributed by atoms with van der Waals surface area (Å²) in [4.78, 5) is 11.4. The number of nitrogens with one attached hydrogen (secondary N) is 1. The number of carbonyl (C=O) groups excluding carboxylic acids is 1. The number of phenolic OH excluding ortho intramolecular Hbond substituents is 1. The van der Waals surface area contributed by atoms with Crippen LogP contribution >= 0.6 is 39.2 Å². The fourth-order valence-corrected chi connectivity index (χ4v) is 4.18. The second-order valence-electron chi connectivity index (χ2n) is 3.95. The van der Waals surface area contributed by atoms with Crippen LogP contribution in [0.15, 0.2) is 32.3 Å². The Hall–Kier alpha value is -1.18. The molecule has 0 aliphatic heterocycles. The van der Waals surface area contributed by atoms with E-state index in [4.69, 9.17) is 0 Å². The van der Waals surface area contributed by atoms with Gasteiger partial charge in [-0.3, -0.25) is 0 Å². The lowest BCUT2D eigenvalue weighted by molar-refractivity contribution is 0.0597. The minimum atomic E-state index is -0.556. The van der Waals surface area contributed by atoms with Crippen molar-refractivity contribution >= 4 is 50.9 Å². The molecule has 2 N–H and O–H groups in total. The van der Waals surface area contributed by atoms with E-state index < -0.39 is 5.97 Å². The molecule has 0 unspecified atom stereocenters. The first-order chi connectivity index (χ1) is 9.51. The number of aryl methyl sites for hydroxylation is 1. The Bertz CT molecular complexity index is 623. The third-order valence-electron chi connectivity index (χ3n) is 2.51. The highest BCUT2D eigenvalue weighted by molar-refractivity contribution is 9.11. The van der Waals surface area contributed by atoms with Gasteiger partial charge >= 0.3 is 5.97 Å². The van der Waals surface area contributed by atoms with Gasteiger partial charge in [0, 0.05) is 11.8 Å². The predicted molar refractivity (Wildman–Crippen MR) is 85.7 cm³/mol. The molecule has 1 heterocycles. The van der Waals surface area contributed by atoms with Gasteiger partial charge in [0.15, 0.2) is 0 Å². The topological polar surface area (TPSA) is 58.6 Å². The predicted octanol–water partition coefficient (Wildman–Crippen LogP) is 4.43. The van der Waals surface area contributed by atoms with E-state index in [9.17, 15) is 9.90 Å². The van der Waals surface area contributed by atoms with Crippen molar-refractivity contribution in [3.05, 3.63) is 39.2 Å². The van der Waals surface area contributed by atoms with Crippen molar-refractivity contribution in [3.63, 3.8) is 0 Å². The van der Waals surface area contributed by atoms with Gasteiger partial charge in [-0.25, -0.2) is 4.79 Å². The number of esters is 1. The zero-order chi connectivity index (χ0) is 14.7. The summed E-state index contributed by atoms with van der Waals surface area (Å²) < 4.78 is 9.90. The van der Waals surface area contributed by atoms with Crippen LogP contribution in [-0.2, 0) is 4.74 Å². The van der Waals surface area contributed by atoms with Gasteiger partial charge in [-0.05, 0) is 58.6 Å². The van der Waals surface area contributed by atoms with Gasteiger partial charge in [-0.15, -0.1) is 11.3 Å². The molecule has 0 aliphatic rings. The first-order valence-corrected chi connectivity index (χ1v) is 8.04. The molecule has 4 nitrogen and oxygen atoms in total. The minimum Gasteiger partial charge on any atom is -0.507 e. The molecule has 0 saturated carbocycles. The average molecular weight is 374 g/mol. The van der Waals surface area contributed by atoms with E-state index in [-0.39, 0.29) is 11.3 Å². The number of ether oxygens (including phenoxy) is 1. The highest BCUT2D eigenvalue weighted by atomic mass is 79.9. The van der Waals surface area contributed by atoms with Gasteiger partial charge < -0.3 is 14.6 Å². The standard InChI is InChI=1S/C13H12BrNO3S2/c1-7-5-11(19-12(7)14)20-15-8-3-4-9(10(16)6-8)13(17)18-2/h3-6,15-16H,1-2H3. The largest absolute Gasteiger partial charge is 0.507 e. The number of hydrogen-bond donors (Lipinski definition) is 2. The highest BCUT2D eigenvalue weighted by Gasteiger charge is 2.12. The molecule has 2 aromatic rings. The molecular formula is C13H12BrNO3S2. The molecule has 20 heavy (non-hydrogen) atoms. The fourth-order valence-electron chi connectivity index (χ4n) is 1.47. The van der Waals surface area contributed by atoms with Gasteiger partial charge in [-0.2, -0.15) is 0 Å². The zero-order valence-corrected chi connectivity index (χ0v) is 14.0. The summed E-state index contributed by atoms with van der Waals surface area (Å²) in [5.74, 6) is -0.662. The Kier molecular flexibility index (Phi) is 4.95. The number of anilines is 1. The first kappa shape index (κ1) is 15.2. The molecule has 0 amide bonds. The van der Waals surface area contributed by atoms with Crippen LogP contribution in [0, 0.1) is 6.92 Å². The van der Waals surface area contributed by atoms with Crippen LogP contribution in [0.5, 0.6) is 5.75 Å². The Balaban J connectivity index is 2.07. The lowest BCUT2D eigenvalue weighted by Crippen LogP contribution is -2.01. The normalized spacial score (nSPS) is 10.3. The Morgan fingerprint density at radius 3 is 2.75 bits per heavy atom. The van der Waals surface area contributed by atoms with Gasteiger partial charge in [-0.1, -0.05) is 0 Å². The molecule has 2 rings (SSSR count). The lowest BCUT2D eigenvalue weighted by atomic mass is 10.2. The number of hydrogen-bond acceptors (Lipinski definition) is 6. The molecule has 0 radical (unpaired) electrons. The number of benzene rings is 1. The summed E-state index contributed by atoms with van der Waals surface area (Å²) >= 11 is 6.55. The number of rotatable bonds is 4. The van der Waals surface area contributed by atoms with E-state index in [2.05, 4.69) is 31.5 Å². The summed E-state index contributed by atoms with van der Waals surface area (Å²) in [7, 11) is 1.28. The van der Waals surface area contributed by atoms with Crippen LogP contribution in [-0.4, -0.2) is 18.2 Å². The van der Waals surface area contributed by atoms with Crippen molar-refractivity contribution in [2.75, 3.05) is 11.8 Å². The van der Waals surface area contributed by atoms with Crippen LogP contribution < -0.4 is 4.72 Å². The number of phenols is 1. The molecule has 1 aromatic heterocycles. The minimum absolute atomic E-state index is 0.106. The maximum absolute atomic E-state index is 11.4. The number of halogens is 1. The summed E-state index contributed by atoms with van der Waals surface area (Å²) in [6, 6.07) is 6.80. The monoisotopic (exact) mass is 373 g/mol. The molecule has 7 heteroatoms. The first-order valence-electron chi connectivity index (χ1n) is 5.61. The Morgan fingerprint density at radius 1 is 1.45 bits per heavy atom. The molecule has 0 fully saturated rings. The molecule has 0 aliphatic carbocycles. The molecule has 0 atom stereocenters. The summed E-state index contributed by atoms with van der Waals surface area (Å²) in [5.41, 5.74) is 2.04. The van der Waals surface area contributed by atoms with Crippen molar-refractivity contribution in [2.24, 2.45) is 0 Å². The zero-order valence-electron chi connectivity index (χ0n) is 10.8. The third kappa shape index (κ3) is 3.47. The summed E-state index contributed by atoms with van der Waals surface area (Å²) in [6.07, 6.45) is 0. The van der Waals surface area contributed by atoms with E-state index in [1.165, 1.54) is 36.8 Å². The highest BCUT2D eigenvalue weighted by Crippen LogP contribution is 2.35. The second kappa shape index (κ2) is 6.51. The van der Waals surface area contributed by atoms with E-state index in [0.717, 1.165) is 8.00 Å². The van der Waals surface area contributed by atoms with Gasteiger partial charge in [0.1, 0.15) is 11.3 Å². The van der Waals surface area contributed by atoms with Crippen LogP contribution in [0.2, 0.25) is 0 Å². The van der Waals surface area contributed by atoms with Gasteiger partial charge in [0.2, 0.25) is 0 Å². The molecule has 1 aromatic carbocycles. The van der Waals surface area contributed by atoms with Crippen LogP contribution in [0.3, 0.4) is 0 Å². The van der Waals surface area contributed by atoms with E-state index >= 15 is 0 Å². The van der Waals surface area contributed by atoms with E-state index in [0.29, 0.717) is 5.69 Å². The smallest absolute Gasteiger partial charge is 0.341 e. The van der Waals surface area contributed by atoms with Crippen LogP contribution in [0.25, 0.3) is 0 Å². The van der Waals surface area contributed by atoms with Crippen molar-refractivity contribution in [3.8, 4) is 5.75 Å². The van der Waals surface area contributed by atoms with Crippen molar-refractivity contribution in [1.82, 2.24) is 0 Å². The van der Waals surface area contributed by atoms with Gasteiger partial charge in [0.25, 0.3) is 0 Å². The van der Waals surface area contributed by atoms with Gasteiger partial charge in [0.05, 0.1) is 15.1 Å². The van der Waals surface area contributed by atoms with Crippen LogP contribution in [0.4, 0.5) is 5.69 Å². The molecule has 0 spiro atoms. The Morgan fingerprint density at radius 2 is 2.20 bits per heavy atom. The molecule has 0 saturated heterocycles. The maximum atomic E-state index is 11.4. The molecule has 106 valence electrons. The Labute approximate surface area is 133 Å². The van der Waals surface area contributed by atoms with Crippen molar-refractivity contribution in [1.29, 1.82) is 0 Å². The second-order valence-corrected chi connectivity index (χ2v) is 7.43. The third-order valence-corrected chi connectivity index (χ3v) is 5.60. The number of thiophene rings is 1. The van der Waals surface area contributed by atoms with Crippen molar-refractivity contribution in [2.45, 2.75) is 11.1 Å². The van der Waals surface area contributed by atoms with Crippen LogP contribution in [0.1, 0.15) is 15.9 Å². The molecular weight excluding hydrogens is 362 g/mol. The quantitative estimate of drug-likeness (QED) is 0.613. The molecule has 0 bridgehead atoms. The van der Waals surface area contributed by atoms with E-state index in [1.807, 2.05) is 6.92 Å². The summed E-state index contributed by atoms with van der Waals surface area (Å²) in [5, 5.41) is 9.78.